The lowest BCUT2D eigenvalue weighted by Gasteiger charge is -2.34. The van der Waals surface area contributed by atoms with Gasteiger partial charge in [0.15, 0.2) is 0 Å². The van der Waals surface area contributed by atoms with E-state index < -0.39 is 0 Å². The quantitative estimate of drug-likeness (QED) is 0.798. The van der Waals surface area contributed by atoms with Crippen molar-refractivity contribution in [2.75, 3.05) is 17.3 Å². The standard InChI is InChI=1S/C15H16N2/c1-15(12-8-4-3-5-9-12)16-13-10-6-7-11-14(13)17(15)2/h3-11,16H,1-2H3. The first kappa shape index (κ1) is 10.2. The highest BCUT2D eigenvalue weighted by Crippen LogP contribution is 2.43. The first-order valence-electron chi connectivity index (χ1n) is 5.88. The van der Waals surface area contributed by atoms with Gasteiger partial charge in [-0.25, -0.2) is 0 Å². The zero-order valence-corrected chi connectivity index (χ0v) is 10.1. The summed E-state index contributed by atoms with van der Waals surface area (Å²) in [4.78, 5) is 2.29. The lowest BCUT2D eigenvalue weighted by molar-refractivity contribution is 0.555. The van der Waals surface area contributed by atoms with E-state index in [9.17, 15) is 0 Å². The molecule has 17 heavy (non-hydrogen) atoms. The van der Waals surface area contributed by atoms with Gasteiger partial charge in [-0.2, -0.15) is 0 Å². The molecule has 2 aromatic carbocycles. The Morgan fingerprint density at radius 2 is 1.59 bits per heavy atom. The number of benzene rings is 2. The van der Waals surface area contributed by atoms with Gasteiger partial charge < -0.3 is 10.2 Å². The number of nitrogens with one attached hydrogen (secondary N) is 1. The highest BCUT2D eigenvalue weighted by atomic mass is 15.4. The molecule has 1 aliphatic rings. The Hall–Kier alpha value is -1.96. The molecule has 0 saturated carbocycles. The molecule has 0 bridgehead atoms. The van der Waals surface area contributed by atoms with Crippen molar-refractivity contribution in [2.45, 2.75) is 12.6 Å². The van der Waals surface area contributed by atoms with E-state index in [1.54, 1.807) is 0 Å². The monoisotopic (exact) mass is 224 g/mol. The SMILES string of the molecule is CN1c2ccccc2NC1(C)c1ccccc1. The molecule has 1 N–H and O–H groups in total. The van der Waals surface area contributed by atoms with Crippen LogP contribution in [0, 0.1) is 0 Å². The Balaban J connectivity index is 2.09. The van der Waals surface area contributed by atoms with Crippen molar-refractivity contribution in [1.82, 2.24) is 0 Å². The van der Waals surface area contributed by atoms with Gasteiger partial charge in [0.05, 0.1) is 11.4 Å². The third-order valence-electron chi connectivity index (χ3n) is 3.65. The second kappa shape index (κ2) is 3.52. The summed E-state index contributed by atoms with van der Waals surface area (Å²) in [6.07, 6.45) is 0. The number of para-hydroxylation sites is 2. The van der Waals surface area contributed by atoms with E-state index in [1.807, 2.05) is 0 Å². The van der Waals surface area contributed by atoms with Crippen LogP contribution < -0.4 is 10.2 Å². The molecule has 0 fully saturated rings. The molecule has 1 atom stereocenters. The van der Waals surface area contributed by atoms with Crippen molar-refractivity contribution < 1.29 is 0 Å². The maximum Gasteiger partial charge on any atom is 0.134 e. The molecule has 86 valence electrons. The second-order valence-corrected chi connectivity index (χ2v) is 4.64. The van der Waals surface area contributed by atoms with Crippen molar-refractivity contribution in [2.24, 2.45) is 0 Å². The molecule has 0 radical (unpaired) electrons. The molecule has 2 heteroatoms. The summed E-state index contributed by atoms with van der Waals surface area (Å²) in [6, 6.07) is 19.0. The van der Waals surface area contributed by atoms with Crippen LogP contribution in [0.3, 0.4) is 0 Å². The summed E-state index contributed by atoms with van der Waals surface area (Å²) in [5.41, 5.74) is 3.56. The smallest absolute Gasteiger partial charge is 0.134 e. The Morgan fingerprint density at radius 1 is 0.941 bits per heavy atom. The molecule has 0 saturated heterocycles. The molecule has 2 nitrogen and oxygen atoms in total. The predicted molar refractivity (Wildman–Crippen MR) is 72.3 cm³/mol. The number of nitrogens with zero attached hydrogens (tertiary/aromatic N) is 1. The van der Waals surface area contributed by atoms with Gasteiger partial charge >= 0.3 is 0 Å². The average molecular weight is 224 g/mol. The number of anilines is 2. The molecule has 3 rings (SSSR count). The van der Waals surface area contributed by atoms with Crippen molar-refractivity contribution in [3.05, 3.63) is 60.2 Å². The Bertz CT molecular complexity index is 536. The van der Waals surface area contributed by atoms with E-state index >= 15 is 0 Å². The van der Waals surface area contributed by atoms with Gasteiger partial charge in [-0.05, 0) is 24.6 Å². The second-order valence-electron chi connectivity index (χ2n) is 4.64. The fourth-order valence-corrected chi connectivity index (χ4v) is 2.49. The molecular formula is C15H16N2. The van der Waals surface area contributed by atoms with Gasteiger partial charge in [-0.15, -0.1) is 0 Å². The maximum atomic E-state index is 3.60. The van der Waals surface area contributed by atoms with Crippen LogP contribution in [0.4, 0.5) is 11.4 Å². The Kier molecular flexibility index (Phi) is 2.11. The molecule has 0 spiro atoms. The fourth-order valence-electron chi connectivity index (χ4n) is 2.49. The summed E-state index contributed by atoms with van der Waals surface area (Å²) in [6.45, 7) is 2.21. The van der Waals surface area contributed by atoms with Gasteiger partial charge in [0.1, 0.15) is 5.66 Å². The van der Waals surface area contributed by atoms with Crippen LogP contribution in [0.15, 0.2) is 54.6 Å². The highest BCUT2D eigenvalue weighted by molar-refractivity contribution is 5.78. The number of rotatable bonds is 1. The largest absolute Gasteiger partial charge is 0.357 e. The highest BCUT2D eigenvalue weighted by Gasteiger charge is 2.38. The van der Waals surface area contributed by atoms with Crippen LogP contribution in [0.5, 0.6) is 0 Å². The molecule has 1 heterocycles. The zero-order valence-electron chi connectivity index (χ0n) is 10.1. The van der Waals surface area contributed by atoms with Gasteiger partial charge in [0, 0.05) is 7.05 Å². The van der Waals surface area contributed by atoms with Crippen molar-refractivity contribution in [1.29, 1.82) is 0 Å². The lowest BCUT2D eigenvalue weighted by Crippen LogP contribution is -2.42. The third kappa shape index (κ3) is 1.41. The molecule has 2 aromatic rings. The average Bonchev–Trinajstić information content (AvgIpc) is 2.65. The first-order valence-corrected chi connectivity index (χ1v) is 5.88. The minimum Gasteiger partial charge on any atom is -0.357 e. The Morgan fingerprint density at radius 3 is 2.29 bits per heavy atom. The zero-order chi connectivity index (χ0) is 11.9. The minimum absolute atomic E-state index is 0.162. The van der Waals surface area contributed by atoms with Crippen LogP contribution in [0.2, 0.25) is 0 Å². The predicted octanol–water partition coefficient (Wildman–Crippen LogP) is 3.42. The van der Waals surface area contributed by atoms with E-state index in [1.165, 1.54) is 16.9 Å². The molecule has 1 unspecified atom stereocenters. The van der Waals surface area contributed by atoms with Crippen molar-refractivity contribution in [3.8, 4) is 0 Å². The van der Waals surface area contributed by atoms with E-state index in [-0.39, 0.29) is 5.66 Å². The summed E-state index contributed by atoms with van der Waals surface area (Å²) >= 11 is 0. The summed E-state index contributed by atoms with van der Waals surface area (Å²) in [5.74, 6) is 0. The van der Waals surface area contributed by atoms with Crippen molar-refractivity contribution in [3.63, 3.8) is 0 Å². The summed E-state index contributed by atoms with van der Waals surface area (Å²) < 4.78 is 0. The minimum atomic E-state index is -0.162. The van der Waals surface area contributed by atoms with Crippen LogP contribution in [0.1, 0.15) is 12.5 Å². The van der Waals surface area contributed by atoms with Gasteiger partial charge in [0.25, 0.3) is 0 Å². The molecule has 0 amide bonds. The van der Waals surface area contributed by atoms with E-state index in [0.29, 0.717) is 0 Å². The summed E-state index contributed by atoms with van der Waals surface area (Å²) in [7, 11) is 2.13. The summed E-state index contributed by atoms with van der Waals surface area (Å²) in [5, 5.41) is 3.60. The topological polar surface area (TPSA) is 15.3 Å². The van der Waals surface area contributed by atoms with E-state index in [2.05, 4.69) is 78.8 Å². The lowest BCUT2D eigenvalue weighted by atomic mass is 10.0. The van der Waals surface area contributed by atoms with Crippen LogP contribution in [0.25, 0.3) is 0 Å². The number of hydrogen-bond acceptors (Lipinski definition) is 2. The Labute approximate surface area is 102 Å². The van der Waals surface area contributed by atoms with E-state index in [4.69, 9.17) is 0 Å². The third-order valence-corrected chi connectivity index (χ3v) is 3.65. The van der Waals surface area contributed by atoms with Gasteiger partial charge in [-0.3, -0.25) is 0 Å². The first-order chi connectivity index (χ1) is 8.22. The van der Waals surface area contributed by atoms with Crippen LogP contribution >= 0.6 is 0 Å². The fraction of sp³-hybridized carbons (Fsp3) is 0.200. The molecular weight excluding hydrogens is 208 g/mol. The molecule has 1 aliphatic heterocycles. The maximum absolute atomic E-state index is 3.60. The molecule has 0 aromatic heterocycles. The van der Waals surface area contributed by atoms with Gasteiger partial charge in [0.2, 0.25) is 0 Å². The number of fused-ring (bicyclic) bond motifs is 1. The van der Waals surface area contributed by atoms with E-state index in [0.717, 1.165) is 0 Å². The van der Waals surface area contributed by atoms with Crippen molar-refractivity contribution >= 4 is 11.4 Å². The van der Waals surface area contributed by atoms with Crippen LogP contribution in [-0.4, -0.2) is 7.05 Å². The normalized spacial score (nSPS) is 22.1. The number of hydrogen-bond donors (Lipinski definition) is 1. The van der Waals surface area contributed by atoms with Gasteiger partial charge in [-0.1, -0.05) is 42.5 Å². The van der Waals surface area contributed by atoms with Crippen LogP contribution in [-0.2, 0) is 5.66 Å². The molecule has 0 aliphatic carbocycles.